The predicted octanol–water partition coefficient (Wildman–Crippen LogP) is 2.46. The van der Waals surface area contributed by atoms with Crippen LogP contribution in [-0.2, 0) is 4.79 Å². The summed E-state index contributed by atoms with van der Waals surface area (Å²) in [6.07, 6.45) is 4.18. The van der Waals surface area contributed by atoms with Gasteiger partial charge in [0.05, 0.1) is 12.6 Å². The maximum atomic E-state index is 12.7. The van der Waals surface area contributed by atoms with E-state index in [1.54, 1.807) is 7.11 Å². The Morgan fingerprint density at radius 2 is 2.15 bits per heavy atom. The zero-order valence-corrected chi connectivity index (χ0v) is 12.2. The zero-order valence-electron chi connectivity index (χ0n) is 12.2. The summed E-state index contributed by atoms with van der Waals surface area (Å²) in [7, 11) is 1.67. The van der Waals surface area contributed by atoms with E-state index in [9.17, 15) is 4.79 Å². The fourth-order valence-corrected chi connectivity index (χ4v) is 3.53. The van der Waals surface area contributed by atoms with Gasteiger partial charge in [0.15, 0.2) is 0 Å². The minimum atomic E-state index is -0.316. The lowest BCUT2D eigenvalue weighted by atomic mass is 9.98. The average molecular weight is 274 g/mol. The fraction of sp³-hybridized carbons (Fsp3) is 0.562. The van der Waals surface area contributed by atoms with E-state index in [2.05, 4.69) is 11.4 Å². The van der Waals surface area contributed by atoms with Gasteiger partial charge >= 0.3 is 0 Å². The molecule has 108 valence electrons. The average Bonchev–Trinajstić information content (AvgIpc) is 3.06. The summed E-state index contributed by atoms with van der Waals surface area (Å²) in [5.41, 5.74) is 0.785. The van der Waals surface area contributed by atoms with Crippen LogP contribution < -0.4 is 10.1 Å². The number of nitrogens with zero attached hydrogens (tertiary/aromatic N) is 1. The Labute approximate surface area is 120 Å². The van der Waals surface area contributed by atoms with Gasteiger partial charge in [-0.3, -0.25) is 10.1 Å². The van der Waals surface area contributed by atoms with Gasteiger partial charge in [-0.05, 0) is 37.5 Å². The summed E-state index contributed by atoms with van der Waals surface area (Å²) < 4.78 is 5.30. The largest absolute Gasteiger partial charge is 0.497 e. The molecule has 1 aromatic carbocycles. The van der Waals surface area contributed by atoms with Gasteiger partial charge in [-0.15, -0.1) is 0 Å². The third kappa shape index (κ3) is 1.99. The van der Waals surface area contributed by atoms with E-state index >= 15 is 0 Å². The number of carbonyl (C=O) groups excluding carboxylic acids is 1. The third-order valence-corrected chi connectivity index (χ3v) is 4.60. The van der Waals surface area contributed by atoms with Crippen LogP contribution in [0.4, 0.5) is 0 Å². The van der Waals surface area contributed by atoms with Crippen LogP contribution in [0, 0.1) is 0 Å². The van der Waals surface area contributed by atoms with Crippen LogP contribution in [0.3, 0.4) is 0 Å². The van der Waals surface area contributed by atoms with Crippen LogP contribution in [0.5, 0.6) is 5.75 Å². The number of amides is 1. The first-order chi connectivity index (χ1) is 9.70. The Bertz CT molecular complexity index is 509. The van der Waals surface area contributed by atoms with Crippen LogP contribution in [0.25, 0.3) is 0 Å². The molecule has 3 rings (SSSR count). The molecule has 0 bridgehead atoms. The molecule has 2 aliphatic rings. The van der Waals surface area contributed by atoms with Crippen molar-refractivity contribution in [3.05, 3.63) is 29.8 Å². The highest BCUT2D eigenvalue weighted by Gasteiger charge is 2.52. The molecule has 1 saturated carbocycles. The molecule has 1 spiro atoms. The molecule has 1 aromatic rings. The summed E-state index contributed by atoms with van der Waals surface area (Å²) in [4.78, 5) is 14.7. The van der Waals surface area contributed by atoms with Crippen molar-refractivity contribution in [2.75, 3.05) is 13.7 Å². The van der Waals surface area contributed by atoms with Crippen molar-refractivity contribution < 1.29 is 9.53 Å². The number of carbonyl (C=O) groups is 1. The maximum Gasteiger partial charge on any atom is 0.244 e. The van der Waals surface area contributed by atoms with E-state index in [1.165, 1.54) is 0 Å². The molecule has 2 fully saturated rings. The van der Waals surface area contributed by atoms with Crippen molar-refractivity contribution in [1.82, 2.24) is 10.2 Å². The molecule has 1 amide bonds. The molecule has 1 aliphatic carbocycles. The third-order valence-electron chi connectivity index (χ3n) is 4.60. The topological polar surface area (TPSA) is 41.6 Å². The summed E-state index contributed by atoms with van der Waals surface area (Å²) >= 11 is 0. The molecule has 1 unspecified atom stereocenters. The Balaban J connectivity index is 1.93. The van der Waals surface area contributed by atoms with Crippen LogP contribution in [0.1, 0.15) is 44.3 Å². The molecular weight excluding hydrogens is 252 g/mol. The van der Waals surface area contributed by atoms with Crippen molar-refractivity contribution >= 4 is 5.91 Å². The molecule has 0 aromatic heterocycles. The predicted molar refractivity (Wildman–Crippen MR) is 77.5 cm³/mol. The lowest BCUT2D eigenvalue weighted by molar-refractivity contribution is -0.133. The quantitative estimate of drug-likeness (QED) is 0.920. The Morgan fingerprint density at radius 3 is 2.80 bits per heavy atom. The SMILES string of the molecule is CCN1C(=O)C2(CCCC2)NC1c1cccc(OC)c1. The summed E-state index contributed by atoms with van der Waals surface area (Å²) in [5, 5.41) is 3.61. The van der Waals surface area contributed by atoms with Gasteiger partial charge in [0, 0.05) is 6.54 Å². The van der Waals surface area contributed by atoms with E-state index in [-0.39, 0.29) is 17.6 Å². The van der Waals surface area contributed by atoms with Gasteiger partial charge in [-0.2, -0.15) is 0 Å². The highest BCUT2D eigenvalue weighted by Crippen LogP contribution is 2.41. The second kappa shape index (κ2) is 5.09. The first-order valence-electron chi connectivity index (χ1n) is 7.43. The van der Waals surface area contributed by atoms with Gasteiger partial charge in [-0.1, -0.05) is 25.0 Å². The molecule has 1 aliphatic heterocycles. The standard InChI is InChI=1S/C16H22N2O2/c1-3-18-14(12-7-6-8-13(11-12)20-2)17-16(15(18)19)9-4-5-10-16/h6-8,11,14,17H,3-5,9-10H2,1-2H3. The lowest BCUT2D eigenvalue weighted by Crippen LogP contribution is -2.43. The van der Waals surface area contributed by atoms with E-state index in [4.69, 9.17) is 4.74 Å². The number of methoxy groups -OCH3 is 1. The normalized spacial score (nSPS) is 24.6. The molecule has 1 saturated heterocycles. The number of hydrogen-bond donors (Lipinski definition) is 1. The first kappa shape index (κ1) is 13.4. The van der Waals surface area contributed by atoms with Crippen LogP contribution >= 0.6 is 0 Å². The van der Waals surface area contributed by atoms with E-state index in [0.29, 0.717) is 0 Å². The number of benzene rings is 1. The van der Waals surface area contributed by atoms with Crippen molar-refractivity contribution in [2.24, 2.45) is 0 Å². The lowest BCUT2D eigenvalue weighted by Gasteiger charge is -2.23. The van der Waals surface area contributed by atoms with Gasteiger partial charge in [0.2, 0.25) is 5.91 Å². The minimum Gasteiger partial charge on any atom is -0.497 e. The molecule has 4 heteroatoms. The molecular formula is C16H22N2O2. The molecule has 1 N–H and O–H groups in total. The number of ether oxygens (including phenoxy) is 1. The van der Waals surface area contributed by atoms with Crippen molar-refractivity contribution in [2.45, 2.75) is 44.3 Å². The molecule has 1 heterocycles. The Hall–Kier alpha value is -1.55. The Morgan fingerprint density at radius 1 is 1.40 bits per heavy atom. The second-order valence-corrected chi connectivity index (χ2v) is 5.70. The number of rotatable bonds is 3. The highest BCUT2D eigenvalue weighted by atomic mass is 16.5. The second-order valence-electron chi connectivity index (χ2n) is 5.70. The van der Waals surface area contributed by atoms with Crippen LogP contribution in [0.2, 0.25) is 0 Å². The molecule has 20 heavy (non-hydrogen) atoms. The highest BCUT2D eigenvalue weighted by molar-refractivity contribution is 5.89. The monoisotopic (exact) mass is 274 g/mol. The van der Waals surface area contributed by atoms with Gasteiger partial charge in [0.25, 0.3) is 0 Å². The van der Waals surface area contributed by atoms with Crippen LogP contribution in [-0.4, -0.2) is 30.0 Å². The number of likely N-dealkylation sites (N-methyl/N-ethyl adjacent to an activating group) is 1. The fourth-order valence-electron chi connectivity index (χ4n) is 3.53. The smallest absolute Gasteiger partial charge is 0.244 e. The maximum absolute atomic E-state index is 12.7. The molecule has 0 radical (unpaired) electrons. The Kier molecular flexibility index (Phi) is 3.42. The van der Waals surface area contributed by atoms with Gasteiger partial charge < -0.3 is 9.64 Å². The van der Waals surface area contributed by atoms with Crippen molar-refractivity contribution in [3.63, 3.8) is 0 Å². The minimum absolute atomic E-state index is 0.0271. The molecule has 4 nitrogen and oxygen atoms in total. The summed E-state index contributed by atoms with van der Waals surface area (Å²) in [6, 6.07) is 7.99. The van der Waals surface area contributed by atoms with Gasteiger partial charge in [-0.25, -0.2) is 0 Å². The number of nitrogens with one attached hydrogen (secondary N) is 1. The van der Waals surface area contributed by atoms with Crippen molar-refractivity contribution in [3.8, 4) is 5.75 Å². The zero-order chi connectivity index (χ0) is 14.2. The number of hydrogen-bond acceptors (Lipinski definition) is 3. The van der Waals surface area contributed by atoms with Gasteiger partial charge in [0.1, 0.15) is 11.9 Å². The summed E-state index contributed by atoms with van der Waals surface area (Å²) in [6.45, 7) is 2.77. The van der Waals surface area contributed by atoms with E-state index < -0.39 is 0 Å². The van der Waals surface area contributed by atoms with Crippen LogP contribution in [0.15, 0.2) is 24.3 Å². The first-order valence-corrected chi connectivity index (χ1v) is 7.43. The van der Waals surface area contributed by atoms with E-state index in [0.717, 1.165) is 43.5 Å². The van der Waals surface area contributed by atoms with E-state index in [1.807, 2.05) is 30.0 Å². The summed E-state index contributed by atoms with van der Waals surface area (Å²) in [5.74, 6) is 1.10. The molecule has 1 atom stereocenters. The van der Waals surface area contributed by atoms with Crippen molar-refractivity contribution in [1.29, 1.82) is 0 Å².